The Morgan fingerprint density at radius 2 is 1.37 bits per heavy atom. The normalized spacial score (nSPS) is 11.6. The van der Waals surface area contributed by atoms with Crippen LogP contribution in [0.4, 0.5) is 33.6 Å². The van der Waals surface area contributed by atoms with E-state index in [1.54, 1.807) is 36.0 Å². The molecule has 1 aromatic heterocycles. The second-order valence-corrected chi connectivity index (χ2v) is 10.4. The molecule has 0 bridgehead atoms. The van der Waals surface area contributed by atoms with E-state index < -0.39 is 0 Å². The SMILES string of the molecule is CCCCCSc1nnc(N=Nc2ccc(N=Nc3ccc(N=Nc4ccc(C#N)cc4)cc3)cc2C)s1. The number of aryl methyl sites for hydroxylation is 1. The van der Waals surface area contributed by atoms with E-state index in [9.17, 15) is 0 Å². The molecule has 0 saturated carbocycles. The zero-order chi connectivity index (χ0) is 26.6. The summed E-state index contributed by atoms with van der Waals surface area (Å²) >= 11 is 3.17. The lowest BCUT2D eigenvalue weighted by Gasteiger charge is -2.00. The van der Waals surface area contributed by atoms with Gasteiger partial charge in [0.05, 0.1) is 40.1 Å². The fourth-order valence-corrected chi connectivity index (χ4v) is 4.88. The average Bonchev–Trinajstić information content (AvgIpc) is 3.41. The Kier molecular flexibility index (Phi) is 9.89. The summed E-state index contributed by atoms with van der Waals surface area (Å²) in [6, 6.07) is 21.9. The molecule has 0 fully saturated rings. The van der Waals surface area contributed by atoms with Crippen molar-refractivity contribution in [3.63, 3.8) is 0 Å². The zero-order valence-electron chi connectivity index (χ0n) is 21.0. The van der Waals surface area contributed by atoms with Gasteiger partial charge in [0.2, 0.25) is 0 Å². The summed E-state index contributed by atoms with van der Waals surface area (Å²) < 4.78 is 0.921. The highest BCUT2D eigenvalue weighted by Crippen LogP contribution is 2.31. The first-order chi connectivity index (χ1) is 18.6. The van der Waals surface area contributed by atoms with Crippen LogP contribution in [0.5, 0.6) is 0 Å². The molecule has 38 heavy (non-hydrogen) atoms. The number of hydrogen-bond acceptors (Lipinski definition) is 11. The van der Waals surface area contributed by atoms with Crippen LogP contribution in [-0.4, -0.2) is 16.0 Å². The summed E-state index contributed by atoms with van der Waals surface area (Å²) in [5.41, 5.74) is 5.04. The van der Waals surface area contributed by atoms with Crippen molar-refractivity contribution >= 4 is 56.7 Å². The first-order valence-corrected chi connectivity index (χ1v) is 13.9. The van der Waals surface area contributed by atoms with Gasteiger partial charge in [0.1, 0.15) is 0 Å². The minimum Gasteiger partial charge on any atom is -0.192 e. The van der Waals surface area contributed by atoms with E-state index in [2.05, 4.69) is 53.9 Å². The van der Waals surface area contributed by atoms with Gasteiger partial charge in [-0.2, -0.15) is 25.7 Å². The summed E-state index contributed by atoms with van der Waals surface area (Å²) in [7, 11) is 0. The van der Waals surface area contributed by atoms with E-state index >= 15 is 0 Å². The lowest BCUT2D eigenvalue weighted by molar-refractivity contribution is 0.778. The number of thioether (sulfide) groups is 1. The van der Waals surface area contributed by atoms with Gasteiger partial charge >= 0.3 is 0 Å². The quantitative estimate of drug-likeness (QED) is 0.107. The number of azo groups is 3. The molecule has 3 aromatic carbocycles. The molecule has 1 heterocycles. The highest BCUT2D eigenvalue weighted by Gasteiger charge is 2.05. The second kappa shape index (κ2) is 14.0. The van der Waals surface area contributed by atoms with Gasteiger partial charge in [-0.3, -0.25) is 0 Å². The Balaban J connectivity index is 1.32. The van der Waals surface area contributed by atoms with Crippen LogP contribution >= 0.6 is 23.1 Å². The Bertz CT molecular complexity index is 1470. The first kappa shape index (κ1) is 26.9. The Morgan fingerprint density at radius 3 is 1.97 bits per heavy atom. The van der Waals surface area contributed by atoms with Gasteiger partial charge in [-0.05, 0) is 85.6 Å². The van der Waals surface area contributed by atoms with Gasteiger partial charge in [-0.15, -0.1) is 20.4 Å². The zero-order valence-corrected chi connectivity index (χ0v) is 22.7. The highest BCUT2D eigenvalue weighted by atomic mass is 32.2. The van der Waals surface area contributed by atoms with E-state index in [0.29, 0.717) is 33.4 Å². The number of unbranched alkanes of at least 4 members (excludes halogenated alkanes) is 2. The standard InChI is InChI=1S/C27H25N9S2/c1-3-4-5-16-37-27-36-35-26(38-27)34-33-25-15-14-24(17-19(25)2)32-31-23-12-10-22(11-13-23)30-29-21-8-6-20(18-28)7-9-21/h6-15,17H,3-5,16H2,1-2H3. The monoisotopic (exact) mass is 539 g/mol. The van der Waals surface area contributed by atoms with Crippen LogP contribution in [-0.2, 0) is 0 Å². The first-order valence-electron chi connectivity index (χ1n) is 12.1. The summed E-state index contributed by atoms with van der Waals surface area (Å²) in [6.07, 6.45) is 3.62. The summed E-state index contributed by atoms with van der Waals surface area (Å²) in [4.78, 5) is 0. The summed E-state index contributed by atoms with van der Waals surface area (Å²) in [5.74, 6) is 1.05. The number of rotatable bonds is 11. The predicted molar refractivity (Wildman–Crippen MR) is 151 cm³/mol. The molecular weight excluding hydrogens is 514 g/mol. The van der Waals surface area contributed by atoms with Crippen LogP contribution in [0.15, 0.2) is 102 Å². The third-order valence-electron chi connectivity index (χ3n) is 5.20. The molecule has 9 nitrogen and oxygen atoms in total. The van der Waals surface area contributed by atoms with Gasteiger partial charge < -0.3 is 0 Å². The van der Waals surface area contributed by atoms with E-state index in [-0.39, 0.29) is 0 Å². The number of nitriles is 1. The molecule has 0 aliphatic carbocycles. The molecule has 0 atom stereocenters. The third-order valence-corrected chi connectivity index (χ3v) is 7.23. The molecular formula is C27H25N9S2. The van der Waals surface area contributed by atoms with Gasteiger partial charge in [0.25, 0.3) is 5.13 Å². The molecule has 0 unspecified atom stereocenters. The minimum absolute atomic E-state index is 0.547. The fraction of sp³-hybridized carbons (Fsp3) is 0.222. The van der Waals surface area contributed by atoms with Crippen molar-refractivity contribution < 1.29 is 0 Å². The van der Waals surface area contributed by atoms with E-state index in [4.69, 9.17) is 5.26 Å². The van der Waals surface area contributed by atoms with Crippen LogP contribution in [0, 0.1) is 18.3 Å². The molecule has 11 heteroatoms. The number of benzene rings is 3. The topological polar surface area (TPSA) is 124 Å². The van der Waals surface area contributed by atoms with E-state index in [0.717, 1.165) is 21.3 Å². The predicted octanol–water partition coefficient (Wildman–Crippen LogP) is 10.2. The average molecular weight is 540 g/mol. The minimum atomic E-state index is 0.547. The molecule has 0 radical (unpaired) electrons. The van der Waals surface area contributed by atoms with Crippen molar-refractivity contribution in [2.24, 2.45) is 30.7 Å². The van der Waals surface area contributed by atoms with Gasteiger partial charge in [-0.1, -0.05) is 42.9 Å². The van der Waals surface area contributed by atoms with Crippen molar-refractivity contribution in [1.29, 1.82) is 5.26 Å². The van der Waals surface area contributed by atoms with Crippen LogP contribution in [0.3, 0.4) is 0 Å². The second-order valence-electron chi connectivity index (χ2n) is 8.15. The van der Waals surface area contributed by atoms with Crippen molar-refractivity contribution in [2.75, 3.05) is 5.75 Å². The largest absolute Gasteiger partial charge is 0.252 e. The van der Waals surface area contributed by atoms with Crippen molar-refractivity contribution in [1.82, 2.24) is 10.2 Å². The molecule has 0 saturated heterocycles. The van der Waals surface area contributed by atoms with Gasteiger partial charge in [0, 0.05) is 5.75 Å². The molecule has 190 valence electrons. The van der Waals surface area contributed by atoms with Crippen molar-refractivity contribution in [2.45, 2.75) is 37.4 Å². The van der Waals surface area contributed by atoms with Gasteiger partial charge in [0.15, 0.2) is 4.34 Å². The van der Waals surface area contributed by atoms with E-state index in [1.807, 2.05) is 49.4 Å². The Morgan fingerprint density at radius 1 is 0.763 bits per heavy atom. The smallest absolute Gasteiger partial charge is 0.192 e. The Hall–Kier alpha value is -4.14. The number of nitrogens with zero attached hydrogens (tertiary/aromatic N) is 9. The molecule has 0 aliphatic heterocycles. The van der Waals surface area contributed by atoms with Crippen molar-refractivity contribution in [3.8, 4) is 6.07 Å². The molecule has 0 N–H and O–H groups in total. The fourth-order valence-electron chi connectivity index (χ4n) is 3.14. The number of hydrogen-bond donors (Lipinski definition) is 0. The maximum absolute atomic E-state index is 8.86. The van der Waals surface area contributed by atoms with Crippen molar-refractivity contribution in [3.05, 3.63) is 77.9 Å². The van der Waals surface area contributed by atoms with Crippen LogP contribution in [0.2, 0.25) is 0 Å². The molecule has 0 amide bonds. The lowest BCUT2D eigenvalue weighted by Crippen LogP contribution is -1.79. The lowest BCUT2D eigenvalue weighted by atomic mass is 10.2. The summed E-state index contributed by atoms with van der Waals surface area (Å²) in [6.45, 7) is 4.15. The van der Waals surface area contributed by atoms with E-state index in [1.165, 1.54) is 30.6 Å². The van der Waals surface area contributed by atoms with Crippen LogP contribution < -0.4 is 0 Å². The summed E-state index contributed by atoms with van der Waals surface area (Å²) in [5, 5.41) is 43.3. The number of aromatic nitrogens is 2. The maximum Gasteiger partial charge on any atom is 0.252 e. The molecule has 4 aromatic rings. The third kappa shape index (κ3) is 8.19. The molecule has 0 aliphatic rings. The highest BCUT2D eigenvalue weighted by molar-refractivity contribution is 8.01. The molecule has 0 spiro atoms. The molecule has 4 rings (SSSR count). The van der Waals surface area contributed by atoms with Gasteiger partial charge in [-0.25, -0.2) is 0 Å². The maximum atomic E-state index is 8.86. The van der Waals surface area contributed by atoms with Crippen LogP contribution in [0.25, 0.3) is 0 Å². The van der Waals surface area contributed by atoms with Crippen LogP contribution in [0.1, 0.15) is 37.3 Å². The Labute approximate surface area is 229 Å².